The van der Waals surface area contributed by atoms with Gasteiger partial charge in [-0.1, -0.05) is 6.42 Å². The molecule has 3 aliphatic heterocycles. The van der Waals surface area contributed by atoms with Crippen LogP contribution in [0.5, 0.6) is 0 Å². The molecule has 21 heavy (non-hydrogen) atoms. The maximum Gasteiger partial charge on any atom is 0.248 e. The van der Waals surface area contributed by atoms with Gasteiger partial charge in [-0.3, -0.25) is 4.79 Å². The highest BCUT2D eigenvalue weighted by Gasteiger charge is 2.33. The topological polar surface area (TPSA) is 42.0 Å². The molecule has 0 aromatic carbocycles. The van der Waals surface area contributed by atoms with Crippen LogP contribution in [0.1, 0.15) is 32.1 Å². The first-order valence-corrected chi connectivity index (χ1v) is 8.52. The van der Waals surface area contributed by atoms with Crippen LogP contribution in [0.25, 0.3) is 0 Å². The number of ether oxygens (including phenoxy) is 2. The first kappa shape index (κ1) is 15.3. The summed E-state index contributed by atoms with van der Waals surface area (Å²) in [6.07, 6.45) is 6.55. The molecule has 0 bridgehead atoms. The van der Waals surface area contributed by atoms with E-state index in [0.717, 1.165) is 6.61 Å². The lowest BCUT2D eigenvalue weighted by molar-refractivity contribution is -0.141. The van der Waals surface area contributed by atoms with E-state index in [2.05, 4.69) is 4.90 Å². The number of hydrogen-bond donors (Lipinski definition) is 0. The van der Waals surface area contributed by atoms with Gasteiger partial charge < -0.3 is 19.3 Å². The molecule has 0 spiro atoms. The number of amides is 1. The van der Waals surface area contributed by atoms with Gasteiger partial charge in [0.25, 0.3) is 0 Å². The minimum Gasteiger partial charge on any atom is -0.378 e. The monoisotopic (exact) mass is 296 g/mol. The Bertz CT molecular complexity index is 342. The van der Waals surface area contributed by atoms with Crippen molar-refractivity contribution in [3.05, 3.63) is 0 Å². The van der Waals surface area contributed by atoms with Crippen molar-refractivity contribution < 1.29 is 14.3 Å². The van der Waals surface area contributed by atoms with E-state index >= 15 is 0 Å². The molecule has 0 N–H and O–H groups in total. The largest absolute Gasteiger partial charge is 0.378 e. The number of carbonyl (C=O) groups excluding carboxylic acids is 1. The van der Waals surface area contributed by atoms with E-state index in [4.69, 9.17) is 9.47 Å². The van der Waals surface area contributed by atoms with Gasteiger partial charge in [0.15, 0.2) is 0 Å². The Hall–Kier alpha value is -0.650. The predicted octanol–water partition coefficient (Wildman–Crippen LogP) is 1.13. The second-order valence-electron chi connectivity index (χ2n) is 6.51. The number of hydrogen-bond acceptors (Lipinski definition) is 4. The van der Waals surface area contributed by atoms with Crippen molar-refractivity contribution in [2.75, 3.05) is 52.6 Å². The van der Waals surface area contributed by atoms with Crippen molar-refractivity contribution in [2.24, 2.45) is 5.92 Å². The van der Waals surface area contributed by atoms with Gasteiger partial charge in [-0.25, -0.2) is 0 Å². The fourth-order valence-corrected chi connectivity index (χ4v) is 3.97. The summed E-state index contributed by atoms with van der Waals surface area (Å²) in [7, 11) is 0. The Balaban J connectivity index is 1.40. The maximum atomic E-state index is 12.1. The van der Waals surface area contributed by atoms with Gasteiger partial charge in [-0.05, 0) is 44.7 Å². The standard InChI is InChI=1S/C16H28N2O3/c19-16(18-8-10-20-11-9-18)13-21-12-14-4-3-7-17-6-2-1-5-15(14)17/h14-15H,1-13H2/t14-,15+/m1/s1. The SMILES string of the molecule is O=C(COC[C@H]1CCCN2CCCC[C@@H]12)N1CCOCC1. The Kier molecular flexibility index (Phi) is 5.49. The van der Waals surface area contributed by atoms with Crippen LogP contribution in [0.3, 0.4) is 0 Å². The van der Waals surface area contributed by atoms with E-state index in [-0.39, 0.29) is 12.5 Å². The third kappa shape index (κ3) is 3.96. The van der Waals surface area contributed by atoms with Crippen molar-refractivity contribution >= 4 is 5.91 Å². The molecule has 0 aliphatic carbocycles. The fourth-order valence-electron chi connectivity index (χ4n) is 3.97. The van der Waals surface area contributed by atoms with E-state index in [9.17, 15) is 4.79 Å². The summed E-state index contributed by atoms with van der Waals surface area (Å²) in [5, 5.41) is 0. The number of rotatable bonds is 4. The number of piperidine rings is 2. The quantitative estimate of drug-likeness (QED) is 0.780. The predicted molar refractivity (Wildman–Crippen MR) is 80.2 cm³/mol. The molecule has 0 radical (unpaired) electrons. The highest BCUT2D eigenvalue weighted by Crippen LogP contribution is 2.30. The zero-order valence-corrected chi connectivity index (χ0v) is 13.0. The highest BCUT2D eigenvalue weighted by atomic mass is 16.5. The summed E-state index contributed by atoms with van der Waals surface area (Å²) in [4.78, 5) is 16.6. The van der Waals surface area contributed by atoms with Crippen LogP contribution in [-0.2, 0) is 14.3 Å². The molecular formula is C16H28N2O3. The third-order valence-corrected chi connectivity index (χ3v) is 5.15. The maximum absolute atomic E-state index is 12.1. The number of fused-ring (bicyclic) bond motifs is 1. The Morgan fingerprint density at radius 2 is 1.86 bits per heavy atom. The molecule has 0 aromatic heterocycles. The van der Waals surface area contributed by atoms with Gasteiger partial charge in [-0.2, -0.15) is 0 Å². The second kappa shape index (κ2) is 7.56. The molecule has 0 saturated carbocycles. The van der Waals surface area contributed by atoms with Crippen molar-refractivity contribution in [2.45, 2.75) is 38.1 Å². The smallest absolute Gasteiger partial charge is 0.248 e. The van der Waals surface area contributed by atoms with Crippen molar-refractivity contribution in [3.8, 4) is 0 Å². The Labute approximate surface area is 127 Å². The van der Waals surface area contributed by atoms with E-state index in [0.29, 0.717) is 38.3 Å². The van der Waals surface area contributed by atoms with Gasteiger partial charge in [0.05, 0.1) is 19.8 Å². The summed E-state index contributed by atoms with van der Waals surface area (Å²) < 4.78 is 11.0. The van der Waals surface area contributed by atoms with Crippen molar-refractivity contribution in [1.29, 1.82) is 0 Å². The lowest BCUT2D eigenvalue weighted by Gasteiger charge is -2.44. The zero-order valence-electron chi connectivity index (χ0n) is 13.0. The van der Waals surface area contributed by atoms with Crippen LogP contribution in [0.4, 0.5) is 0 Å². The number of nitrogens with zero attached hydrogens (tertiary/aromatic N) is 2. The molecule has 3 heterocycles. The molecule has 5 nitrogen and oxygen atoms in total. The molecule has 3 saturated heterocycles. The highest BCUT2D eigenvalue weighted by molar-refractivity contribution is 5.77. The summed E-state index contributed by atoms with van der Waals surface area (Å²) in [5.74, 6) is 0.742. The lowest BCUT2D eigenvalue weighted by atomic mass is 9.84. The van der Waals surface area contributed by atoms with E-state index in [1.807, 2.05) is 4.90 Å². The van der Waals surface area contributed by atoms with Gasteiger partial charge in [0, 0.05) is 19.1 Å². The summed E-state index contributed by atoms with van der Waals surface area (Å²) >= 11 is 0. The molecule has 1 amide bonds. The van der Waals surface area contributed by atoms with E-state index in [1.165, 1.54) is 45.2 Å². The first-order chi connectivity index (χ1) is 10.3. The molecule has 3 fully saturated rings. The number of morpholine rings is 1. The zero-order chi connectivity index (χ0) is 14.5. The average molecular weight is 296 g/mol. The molecule has 0 unspecified atom stereocenters. The van der Waals surface area contributed by atoms with Crippen LogP contribution in [0.2, 0.25) is 0 Å². The van der Waals surface area contributed by atoms with Crippen molar-refractivity contribution in [1.82, 2.24) is 9.80 Å². The second-order valence-corrected chi connectivity index (χ2v) is 6.51. The number of carbonyl (C=O) groups is 1. The molecule has 2 atom stereocenters. The van der Waals surface area contributed by atoms with Crippen LogP contribution in [0, 0.1) is 5.92 Å². The molecule has 3 aliphatic rings. The molecule has 5 heteroatoms. The lowest BCUT2D eigenvalue weighted by Crippen LogP contribution is -2.49. The minimum absolute atomic E-state index is 0.120. The summed E-state index contributed by atoms with van der Waals surface area (Å²) in [6, 6.07) is 0.700. The summed E-state index contributed by atoms with van der Waals surface area (Å²) in [6.45, 7) is 6.24. The van der Waals surface area contributed by atoms with Crippen molar-refractivity contribution in [3.63, 3.8) is 0 Å². The van der Waals surface area contributed by atoms with Crippen LogP contribution >= 0.6 is 0 Å². The van der Waals surface area contributed by atoms with Crippen LogP contribution in [0.15, 0.2) is 0 Å². The normalized spacial score (nSPS) is 31.0. The van der Waals surface area contributed by atoms with Gasteiger partial charge in [0.1, 0.15) is 6.61 Å². The van der Waals surface area contributed by atoms with Crippen LogP contribution < -0.4 is 0 Å². The van der Waals surface area contributed by atoms with E-state index in [1.54, 1.807) is 0 Å². The van der Waals surface area contributed by atoms with Gasteiger partial charge in [0.2, 0.25) is 5.91 Å². The third-order valence-electron chi connectivity index (χ3n) is 5.15. The summed E-state index contributed by atoms with van der Waals surface area (Å²) in [5.41, 5.74) is 0. The Morgan fingerprint density at radius 3 is 2.71 bits per heavy atom. The fraction of sp³-hybridized carbons (Fsp3) is 0.938. The molecular weight excluding hydrogens is 268 g/mol. The first-order valence-electron chi connectivity index (χ1n) is 8.52. The molecule has 0 aromatic rings. The average Bonchev–Trinajstić information content (AvgIpc) is 2.56. The van der Waals surface area contributed by atoms with Gasteiger partial charge in [-0.15, -0.1) is 0 Å². The molecule has 3 rings (SSSR count). The Morgan fingerprint density at radius 1 is 1.05 bits per heavy atom. The van der Waals surface area contributed by atoms with Gasteiger partial charge >= 0.3 is 0 Å². The minimum atomic E-state index is 0.120. The van der Waals surface area contributed by atoms with E-state index < -0.39 is 0 Å². The molecule has 120 valence electrons. The van der Waals surface area contributed by atoms with Crippen LogP contribution in [-0.4, -0.2) is 74.4 Å².